The minimum absolute atomic E-state index is 0.904. The van der Waals surface area contributed by atoms with E-state index in [9.17, 15) is 0 Å². The van der Waals surface area contributed by atoms with Gasteiger partial charge in [-0.1, -0.05) is 82.4 Å². The number of rotatable bonds is 13. The average molecular weight is 260 g/mol. The quantitative estimate of drug-likeness (QED) is 0.446. The van der Waals surface area contributed by atoms with Crippen LogP contribution in [0.1, 0.15) is 71.1 Å². The lowest BCUT2D eigenvalue weighted by molar-refractivity contribution is 0.549. The molecule has 0 aromatic heterocycles. The third-order valence-electron chi connectivity index (χ3n) is 3.06. The van der Waals surface area contributed by atoms with Gasteiger partial charge in [0.05, 0.1) is 0 Å². The van der Waals surface area contributed by atoms with Crippen LogP contribution in [0.4, 0.5) is 0 Å². The van der Waals surface area contributed by atoms with E-state index in [-0.39, 0.29) is 0 Å². The van der Waals surface area contributed by atoms with E-state index in [2.05, 4.69) is 12.2 Å². The first-order chi connectivity index (χ1) is 8.41. The van der Waals surface area contributed by atoms with Crippen LogP contribution >= 0.6 is 11.6 Å². The fourth-order valence-electron chi connectivity index (χ4n) is 1.97. The van der Waals surface area contributed by atoms with Crippen molar-refractivity contribution in [3.8, 4) is 0 Å². The third-order valence-corrected chi connectivity index (χ3v) is 3.24. The van der Waals surface area contributed by atoms with Gasteiger partial charge in [-0.25, -0.2) is 0 Å². The molecule has 0 aliphatic carbocycles. The summed E-state index contributed by atoms with van der Waals surface area (Å²) in [6.07, 6.45) is 16.0. The molecule has 0 bridgehead atoms. The van der Waals surface area contributed by atoms with Crippen LogP contribution in [-0.2, 0) is 0 Å². The van der Waals surface area contributed by atoms with Gasteiger partial charge in [-0.15, -0.1) is 0 Å². The molecule has 0 fully saturated rings. The maximum atomic E-state index is 5.42. The van der Waals surface area contributed by atoms with E-state index in [0.29, 0.717) is 0 Å². The van der Waals surface area contributed by atoms with Crippen LogP contribution in [0.15, 0.2) is 11.6 Å². The van der Waals surface area contributed by atoms with Crippen LogP contribution < -0.4 is 5.32 Å². The molecule has 0 spiro atoms. The van der Waals surface area contributed by atoms with Gasteiger partial charge in [-0.05, 0) is 13.0 Å². The van der Waals surface area contributed by atoms with Crippen LogP contribution in [-0.4, -0.2) is 13.1 Å². The minimum Gasteiger partial charge on any atom is -0.313 e. The van der Waals surface area contributed by atoms with Crippen molar-refractivity contribution in [3.05, 3.63) is 11.6 Å². The van der Waals surface area contributed by atoms with Crippen LogP contribution in [0.5, 0.6) is 0 Å². The summed E-state index contributed by atoms with van der Waals surface area (Å²) in [6, 6.07) is 0. The van der Waals surface area contributed by atoms with E-state index in [1.165, 1.54) is 64.2 Å². The summed E-state index contributed by atoms with van der Waals surface area (Å²) in [5.41, 5.74) is 1.57. The van der Waals surface area contributed by atoms with Crippen LogP contribution in [0.2, 0.25) is 0 Å². The van der Waals surface area contributed by atoms with Crippen LogP contribution in [0.3, 0.4) is 0 Å². The maximum Gasteiger partial charge on any atom is 0.0146 e. The molecule has 1 nitrogen and oxygen atoms in total. The molecule has 0 rings (SSSR count). The lowest BCUT2D eigenvalue weighted by Crippen LogP contribution is -2.14. The van der Waals surface area contributed by atoms with Gasteiger partial charge in [0, 0.05) is 12.1 Å². The number of hydrogen-bond donors (Lipinski definition) is 1. The Labute approximate surface area is 113 Å². The zero-order valence-corrected chi connectivity index (χ0v) is 12.3. The Balaban J connectivity index is 2.89. The van der Waals surface area contributed by atoms with Gasteiger partial charge in [0.2, 0.25) is 0 Å². The van der Waals surface area contributed by atoms with Gasteiger partial charge in [0.25, 0.3) is 0 Å². The third kappa shape index (κ3) is 16.0. The Bertz CT molecular complexity index is 157. The van der Waals surface area contributed by atoms with E-state index in [4.69, 9.17) is 11.6 Å². The Hall–Kier alpha value is -0.0100. The monoisotopic (exact) mass is 259 g/mol. The van der Waals surface area contributed by atoms with Crippen molar-refractivity contribution in [1.29, 1.82) is 0 Å². The summed E-state index contributed by atoms with van der Waals surface area (Å²) < 4.78 is 0. The fraction of sp³-hybridized carbons (Fsp3) is 0.867. The molecule has 0 aliphatic rings. The Morgan fingerprint density at radius 1 is 0.824 bits per heavy atom. The molecule has 0 aromatic rings. The molecule has 102 valence electrons. The van der Waals surface area contributed by atoms with E-state index < -0.39 is 0 Å². The van der Waals surface area contributed by atoms with Gasteiger partial charge in [-0.3, -0.25) is 0 Å². The number of unbranched alkanes of at least 4 members (excludes halogenated alkanes) is 9. The molecule has 0 saturated carbocycles. The number of nitrogens with one attached hydrogen (secondary N) is 1. The number of hydrogen-bond acceptors (Lipinski definition) is 1. The largest absolute Gasteiger partial charge is 0.313 e. The van der Waals surface area contributed by atoms with E-state index in [1.807, 2.05) is 6.08 Å². The molecular formula is C15H30ClN. The first kappa shape index (κ1) is 17.0. The lowest BCUT2D eigenvalue weighted by atomic mass is 10.1. The van der Waals surface area contributed by atoms with Gasteiger partial charge in [0.15, 0.2) is 0 Å². The molecule has 0 aromatic carbocycles. The molecule has 1 N–H and O–H groups in total. The molecule has 0 unspecified atom stereocenters. The zero-order chi connectivity index (χ0) is 12.6. The highest BCUT2D eigenvalue weighted by atomic mass is 35.5. The van der Waals surface area contributed by atoms with Gasteiger partial charge < -0.3 is 5.32 Å². The van der Waals surface area contributed by atoms with Crippen molar-refractivity contribution < 1.29 is 0 Å². The van der Waals surface area contributed by atoms with Crippen molar-refractivity contribution in [2.75, 3.05) is 13.1 Å². The second kappa shape index (κ2) is 16.0. The fourth-order valence-corrected chi connectivity index (χ4v) is 2.06. The summed E-state index contributed by atoms with van der Waals surface area (Å²) in [5.74, 6) is 0. The molecule has 0 radical (unpaired) electrons. The first-order valence-electron chi connectivity index (χ1n) is 7.37. The SMILES string of the molecule is CCCCCCCCCCCCNCC=CCl. The Morgan fingerprint density at radius 3 is 1.88 bits per heavy atom. The van der Waals surface area contributed by atoms with Gasteiger partial charge in [-0.2, -0.15) is 0 Å². The lowest BCUT2D eigenvalue weighted by Gasteiger charge is -2.03. The summed E-state index contributed by atoms with van der Waals surface area (Å²) in [4.78, 5) is 0. The Kier molecular flexibility index (Phi) is 16.0. The molecule has 0 heterocycles. The van der Waals surface area contributed by atoms with Crippen molar-refractivity contribution in [2.45, 2.75) is 71.1 Å². The normalized spacial score (nSPS) is 11.4. The molecule has 0 aliphatic heterocycles. The first-order valence-corrected chi connectivity index (χ1v) is 7.81. The van der Waals surface area contributed by atoms with Crippen LogP contribution in [0, 0.1) is 0 Å². The summed E-state index contributed by atoms with van der Waals surface area (Å²) >= 11 is 5.42. The van der Waals surface area contributed by atoms with Gasteiger partial charge >= 0.3 is 0 Å². The predicted molar refractivity (Wildman–Crippen MR) is 79.7 cm³/mol. The summed E-state index contributed by atoms with van der Waals surface area (Å²) in [5, 5.41) is 3.34. The van der Waals surface area contributed by atoms with Crippen molar-refractivity contribution in [2.24, 2.45) is 0 Å². The highest BCUT2D eigenvalue weighted by molar-refractivity contribution is 6.25. The topological polar surface area (TPSA) is 12.0 Å². The highest BCUT2D eigenvalue weighted by Crippen LogP contribution is 2.10. The molecule has 0 amide bonds. The molecule has 2 heteroatoms. The van der Waals surface area contributed by atoms with Crippen molar-refractivity contribution >= 4 is 11.6 Å². The molecule has 0 saturated heterocycles. The molecule has 0 atom stereocenters. The van der Waals surface area contributed by atoms with Crippen molar-refractivity contribution in [3.63, 3.8) is 0 Å². The van der Waals surface area contributed by atoms with Crippen LogP contribution in [0.25, 0.3) is 0 Å². The second-order valence-corrected chi connectivity index (χ2v) is 5.00. The number of halogens is 1. The average Bonchev–Trinajstić information content (AvgIpc) is 2.35. The minimum atomic E-state index is 0.904. The van der Waals surface area contributed by atoms with E-state index in [1.54, 1.807) is 5.54 Å². The standard InChI is InChI=1S/C15H30ClN/c1-2-3-4-5-6-7-8-9-10-11-14-17-15-12-13-16/h12-13,17H,2-11,14-15H2,1H3. The smallest absolute Gasteiger partial charge is 0.0146 e. The molecular weight excluding hydrogens is 230 g/mol. The van der Waals surface area contributed by atoms with E-state index >= 15 is 0 Å². The van der Waals surface area contributed by atoms with Crippen molar-refractivity contribution in [1.82, 2.24) is 5.32 Å². The van der Waals surface area contributed by atoms with Gasteiger partial charge in [0.1, 0.15) is 0 Å². The predicted octanol–water partition coefficient (Wildman–Crippen LogP) is 5.25. The molecule has 17 heavy (non-hydrogen) atoms. The maximum absolute atomic E-state index is 5.42. The van der Waals surface area contributed by atoms with E-state index in [0.717, 1.165) is 13.1 Å². The summed E-state index contributed by atoms with van der Waals surface area (Å²) in [6.45, 7) is 4.30. The zero-order valence-electron chi connectivity index (χ0n) is 11.5. The highest BCUT2D eigenvalue weighted by Gasteiger charge is 1.92. The Morgan fingerprint density at radius 2 is 1.35 bits per heavy atom. The summed E-state index contributed by atoms with van der Waals surface area (Å²) in [7, 11) is 0. The second-order valence-electron chi connectivity index (χ2n) is 4.75.